The summed E-state index contributed by atoms with van der Waals surface area (Å²) in [7, 11) is 1.63. The van der Waals surface area contributed by atoms with Crippen LogP contribution in [0.2, 0.25) is 0 Å². The number of furan rings is 1. The van der Waals surface area contributed by atoms with Gasteiger partial charge in [-0.05, 0) is 51.1 Å². The van der Waals surface area contributed by atoms with Crippen molar-refractivity contribution in [1.82, 2.24) is 4.98 Å². The monoisotopic (exact) mass is 365 g/mol. The number of methoxy groups -OCH3 is 1. The molecule has 0 aliphatic heterocycles. The summed E-state index contributed by atoms with van der Waals surface area (Å²) in [6, 6.07) is 7.51. The number of benzene rings is 1. The number of hydrogen-bond acceptors (Lipinski definition) is 5. The number of nitrogens with zero attached hydrogens (tertiary/aromatic N) is 1. The van der Waals surface area contributed by atoms with Gasteiger partial charge in [-0.25, -0.2) is 4.98 Å². The van der Waals surface area contributed by atoms with Crippen LogP contribution in [-0.2, 0) is 4.79 Å². The lowest BCUT2D eigenvalue weighted by atomic mass is 10.1. The molecule has 0 atom stereocenters. The summed E-state index contributed by atoms with van der Waals surface area (Å²) in [4.78, 5) is 16.3. The fraction of sp³-hybridized carbons (Fsp3) is 0.273. The summed E-state index contributed by atoms with van der Waals surface area (Å²) >= 11 is 0. The average molecular weight is 365 g/mol. The van der Waals surface area contributed by atoms with Gasteiger partial charge in [0.2, 0.25) is 5.71 Å². The molecule has 27 heavy (non-hydrogen) atoms. The zero-order valence-electron chi connectivity index (χ0n) is 16.0. The van der Waals surface area contributed by atoms with Gasteiger partial charge in [0.25, 0.3) is 0 Å². The molecule has 0 radical (unpaired) electrons. The van der Waals surface area contributed by atoms with Gasteiger partial charge in [-0.15, -0.1) is 0 Å². The number of aromatic nitrogens is 1. The van der Waals surface area contributed by atoms with Crippen LogP contribution in [0.4, 0.5) is 0 Å². The van der Waals surface area contributed by atoms with Crippen LogP contribution in [0.15, 0.2) is 58.2 Å². The van der Waals surface area contributed by atoms with Crippen molar-refractivity contribution in [2.24, 2.45) is 0 Å². The molecule has 0 fully saturated rings. The lowest BCUT2D eigenvalue weighted by Crippen LogP contribution is -1.99. The number of pyridine rings is 1. The van der Waals surface area contributed by atoms with Crippen LogP contribution in [0.5, 0.6) is 11.5 Å². The molecule has 3 rings (SSSR count). The Balaban J connectivity index is 1.74. The quantitative estimate of drug-likeness (QED) is 0.423. The molecule has 0 N–H and O–H groups in total. The smallest absolute Gasteiger partial charge is 0.230 e. The minimum absolute atomic E-state index is 0.105. The molecule has 0 unspecified atom stereocenters. The molecule has 0 amide bonds. The van der Waals surface area contributed by atoms with Crippen molar-refractivity contribution in [2.45, 2.75) is 27.2 Å². The molecule has 0 aliphatic rings. The maximum absolute atomic E-state index is 11.8. The molecule has 1 aromatic carbocycles. The lowest BCUT2D eigenvalue weighted by Gasteiger charge is -2.09. The third-order valence-corrected chi connectivity index (χ3v) is 4.11. The molecule has 0 saturated carbocycles. The molecule has 5 heteroatoms. The third kappa shape index (κ3) is 4.37. The summed E-state index contributed by atoms with van der Waals surface area (Å²) in [6.07, 6.45) is 5.59. The first-order chi connectivity index (χ1) is 13.0. The minimum Gasteiger partial charge on any atom is -0.495 e. The molecular formula is C22H23NO4. The van der Waals surface area contributed by atoms with Crippen molar-refractivity contribution < 1.29 is 18.7 Å². The van der Waals surface area contributed by atoms with E-state index < -0.39 is 0 Å². The van der Waals surface area contributed by atoms with Gasteiger partial charge in [-0.2, -0.15) is 0 Å². The first kappa shape index (κ1) is 18.7. The van der Waals surface area contributed by atoms with Crippen LogP contribution in [0.25, 0.3) is 22.0 Å². The number of ether oxygens (including phenoxy) is 2. The third-order valence-electron chi connectivity index (χ3n) is 4.11. The highest BCUT2D eigenvalue weighted by Crippen LogP contribution is 2.34. The van der Waals surface area contributed by atoms with Crippen molar-refractivity contribution in [2.75, 3.05) is 13.7 Å². The summed E-state index contributed by atoms with van der Waals surface area (Å²) in [5, 5.41) is 1.75. The summed E-state index contributed by atoms with van der Waals surface area (Å²) in [5.74, 6) is 1.54. The Morgan fingerprint density at radius 3 is 2.74 bits per heavy atom. The van der Waals surface area contributed by atoms with E-state index in [4.69, 9.17) is 13.9 Å². The number of ketones is 1. The molecule has 0 aliphatic carbocycles. The van der Waals surface area contributed by atoms with Gasteiger partial charge in [0, 0.05) is 17.9 Å². The van der Waals surface area contributed by atoms with E-state index >= 15 is 0 Å². The molecule has 2 heterocycles. The second-order valence-corrected chi connectivity index (χ2v) is 6.69. The average Bonchev–Trinajstić information content (AvgIpc) is 3.06. The molecule has 140 valence electrons. The molecule has 0 saturated heterocycles. The first-order valence-corrected chi connectivity index (χ1v) is 8.79. The van der Waals surface area contributed by atoms with Crippen LogP contribution in [0.3, 0.4) is 0 Å². The second-order valence-electron chi connectivity index (χ2n) is 6.69. The van der Waals surface area contributed by atoms with Crippen LogP contribution >= 0.6 is 0 Å². The predicted octanol–water partition coefficient (Wildman–Crippen LogP) is 5.24. The number of fused-ring (bicyclic) bond motifs is 2. The standard InChI is InChI=1S/C22H23NO4/c1-14(2)11-16(24)12-15(3)7-9-26-17-5-6-18-20(13-17)23-22-19(8-10-27-22)21(18)25-4/h5-8,10-11,13H,9,12H2,1-4H3. The van der Waals surface area contributed by atoms with Crippen LogP contribution in [0, 0.1) is 0 Å². The van der Waals surface area contributed by atoms with Gasteiger partial charge in [-0.3, -0.25) is 4.79 Å². The summed E-state index contributed by atoms with van der Waals surface area (Å²) < 4.78 is 16.7. The van der Waals surface area contributed by atoms with Gasteiger partial charge in [0.15, 0.2) is 5.78 Å². The Morgan fingerprint density at radius 1 is 1.19 bits per heavy atom. The number of carbonyl (C=O) groups excluding carboxylic acids is 1. The Morgan fingerprint density at radius 2 is 2.00 bits per heavy atom. The fourth-order valence-electron chi connectivity index (χ4n) is 2.92. The van der Waals surface area contributed by atoms with Crippen LogP contribution in [-0.4, -0.2) is 24.5 Å². The van der Waals surface area contributed by atoms with Crippen molar-refractivity contribution in [3.63, 3.8) is 0 Å². The summed E-state index contributed by atoms with van der Waals surface area (Å²) in [5.41, 5.74) is 3.26. The van der Waals surface area contributed by atoms with Crippen molar-refractivity contribution in [3.8, 4) is 11.5 Å². The highest BCUT2D eigenvalue weighted by Gasteiger charge is 2.12. The maximum atomic E-state index is 11.8. The number of rotatable bonds is 7. The van der Waals surface area contributed by atoms with Gasteiger partial charge in [0.1, 0.15) is 18.1 Å². The number of hydrogen-bond donors (Lipinski definition) is 0. The van der Waals surface area contributed by atoms with Crippen molar-refractivity contribution >= 4 is 27.8 Å². The molecule has 5 nitrogen and oxygen atoms in total. The molecule has 0 spiro atoms. The Bertz CT molecular complexity index is 1040. The minimum atomic E-state index is 0.105. The van der Waals surface area contributed by atoms with Crippen molar-refractivity contribution in [1.29, 1.82) is 0 Å². The van der Waals surface area contributed by atoms with E-state index in [0.29, 0.717) is 24.5 Å². The van der Waals surface area contributed by atoms with E-state index in [1.165, 1.54) is 0 Å². The topological polar surface area (TPSA) is 61.6 Å². The molecule has 0 bridgehead atoms. The van der Waals surface area contributed by atoms with E-state index in [9.17, 15) is 4.79 Å². The second kappa shape index (κ2) is 8.08. The van der Waals surface area contributed by atoms with Crippen molar-refractivity contribution in [3.05, 3.63) is 53.8 Å². The van der Waals surface area contributed by atoms with E-state index in [1.54, 1.807) is 19.4 Å². The Hall–Kier alpha value is -3.08. The lowest BCUT2D eigenvalue weighted by molar-refractivity contribution is -0.114. The largest absolute Gasteiger partial charge is 0.495 e. The Labute approximate surface area is 158 Å². The van der Waals surface area contributed by atoms with Gasteiger partial charge >= 0.3 is 0 Å². The zero-order valence-corrected chi connectivity index (χ0v) is 16.0. The van der Waals surface area contributed by atoms with E-state index in [0.717, 1.165) is 33.2 Å². The SMILES string of the molecule is COc1c2ccc(OCC=C(C)CC(=O)C=C(C)C)cc2nc2occc12. The van der Waals surface area contributed by atoms with E-state index in [-0.39, 0.29) is 5.78 Å². The molecular weight excluding hydrogens is 342 g/mol. The zero-order chi connectivity index (χ0) is 19.4. The van der Waals surface area contributed by atoms with Gasteiger partial charge in [0.05, 0.1) is 24.3 Å². The maximum Gasteiger partial charge on any atom is 0.230 e. The number of carbonyl (C=O) groups is 1. The number of allylic oxidation sites excluding steroid dienone is 3. The Kier molecular flexibility index (Phi) is 5.60. The predicted molar refractivity (Wildman–Crippen MR) is 106 cm³/mol. The van der Waals surface area contributed by atoms with E-state index in [1.807, 2.05) is 51.1 Å². The van der Waals surface area contributed by atoms with Crippen LogP contribution < -0.4 is 9.47 Å². The van der Waals surface area contributed by atoms with Crippen LogP contribution in [0.1, 0.15) is 27.2 Å². The highest BCUT2D eigenvalue weighted by atomic mass is 16.5. The fourth-order valence-corrected chi connectivity index (χ4v) is 2.92. The summed E-state index contributed by atoms with van der Waals surface area (Å²) in [6.45, 7) is 6.15. The first-order valence-electron chi connectivity index (χ1n) is 8.79. The molecule has 3 aromatic rings. The molecule has 2 aromatic heterocycles. The van der Waals surface area contributed by atoms with Gasteiger partial charge < -0.3 is 13.9 Å². The van der Waals surface area contributed by atoms with E-state index in [2.05, 4.69) is 4.98 Å². The highest BCUT2D eigenvalue weighted by molar-refractivity contribution is 5.99. The van der Waals surface area contributed by atoms with Gasteiger partial charge in [-0.1, -0.05) is 11.1 Å². The normalized spacial score (nSPS) is 11.6.